The van der Waals surface area contributed by atoms with Crippen molar-refractivity contribution in [2.75, 3.05) is 0 Å². The molecular formula is C6H16O12P2. The van der Waals surface area contributed by atoms with Gasteiger partial charge in [0.1, 0.15) is 18.3 Å². The number of phosphoric acid groups is 2. The minimum absolute atomic E-state index is 0.0935. The molecule has 0 saturated carbocycles. The van der Waals surface area contributed by atoms with Gasteiger partial charge in [0.05, 0.1) is 6.10 Å². The van der Waals surface area contributed by atoms with Crippen LogP contribution in [0.3, 0.4) is 0 Å². The molecule has 14 heteroatoms. The Hall–Kier alpha value is -0.230. The standard InChI is InChI=1S/C6H12O5.H4O7P2/c1-3(8)5(10)6(11)4(9)2-7;1-8(2,3)7-9(4,5)6/h2-6,8-11H,1H3;(H2,1,2,3)(H2,4,5,6)/t3-,4+,5+,6-;/m1./s1. The summed E-state index contributed by atoms with van der Waals surface area (Å²) >= 11 is 0. The highest BCUT2D eigenvalue weighted by molar-refractivity contribution is 7.60. The summed E-state index contributed by atoms with van der Waals surface area (Å²) in [4.78, 5) is 40.9. The van der Waals surface area contributed by atoms with Crippen molar-refractivity contribution in [3.63, 3.8) is 0 Å². The van der Waals surface area contributed by atoms with E-state index in [0.717, 1.165) is 0 Å². The highest BCUT2D eigenvalue weighted by Gasteiger charge is 2.28. The normalized spacial score (nSPS) is 18.2. The summed E-state index contributed by atoms with van der Waals surface area (Å²) in [6.07, 6.45) is -5.88. The zero-order valence-electron chi connectivity index (χ0n) is 9.99. The van der Waals surface area contributed by atoms with Gasteiger partial charge in [-0.05, 0) is 6.92 Å². The average molecular weight is 342 g/mol. The molecule has 0 fully saturated rings. The van der Waals surface area contributed by atoms with Crippen LogP contribution in [0.2, 0.25) is 0 Å². The lowest BCUT2D eigenvalue weighted by Gasteiger charge is -2.21. The molecule has 0 aliphatic heterocycles. The number of aldehydes is 1. The molecule has 0 aromatic rings. The maximum absolute atomic E-state index is 9.87. The molecule has 0 saturated heterocycles. The summed E-state index contributed by atoms with van der Waals surface area (Å²) in [6.45, 7) is 1.24. The molecule has 0 aliphatic carbocycles. The van der Waals surface area contributed by atoms with Crippen LogP contribution in [0.5, 0.6) is 0 Å². The molecule has 0 aliphatic rings. The zero-order chi connectivity index (χ0) is 16.7. The molecule has 0 aromatic heterocycles. The molecule has 0 bridgehead atoms. The molecule has 0 amide bonds. The quantitative estimate of drug-likeness (QED) is 0.177. The Balaban J connectivity index is 0. The van der Waals surface area contributed by atoms with Crippen molar-refractivity contribution >= 4 is 21.9 Å². The van der Waals surface area contributed by atoms with Gasteiger partial charge < -0.3 is 44.8 Å². The molecule has 122 valence electrons. The van der Waals surface area contributed by atoms with Gasteiger partial charge in [0.2, 0.25) is 0 Å². The maximum atomic E-state index is 9.87. The summed E-state index contributed by atoms with van der Waals surface area (Å²) in [7, 11) is -10.1. The van der Waals surface area contributed by atoms with Gasteiger partial charge in [0.25, 0.3) is 0 Å². The molecule has 4 atom stereocenters. The van der Waals surface area contributed by atoms with Crippen LogP contribution < -0.4 is 0 Å². The van der Waals surface area contributed by atoms with Crippen molar-refractivity contribution in [2.45, 2.75) is 31.3 Å². The number of carbonyl (C=O) groups excluding carboxylic acids is 1. The van der Waals surface area contributed by atoms with Gasteiger partial charge in [-0.25, -0.2) is 9.13 Å². The number of aliphatic hydroxyl groups is 4. The SMILES string of the molecule is C[C@@H](O)[C@H](O)[C@H](O)[C@@H](O)C=O.O=P(O)(O)OP(=O)(O)O. The third-order valence-corrected chi connectivity index (χ3v) is 3.25. The Morgan fingerprint density at radius 2 is 1.25 bits per heavy atom. The lowest BCUT2D eigenvalue weighted by molar-refractivity contribution is -0.132. The van der Waals surface area contributed by atoms with Crippen LogP contribution in [-0.4, -0.2) is 70.7 Å². The fraction of sp³-hybridized carbons (Fsp3) is 0.833. The second-order valence-electron chi connectivity index (χ2n) is 3.41. The Morgan fingerprint density at radius 3 is 1.40 bits per heavy atom. The molecule has 8 N–H and O–H groups in total. The monoisotopic (exact) mass is 342 g/mol. The molecule has 0 spiro atoms. The highest BCUT2D eigenvalue weighted by Crippen LogP contribution is 2.53. The van der Waals surface area contributed by atoms with E-state index in [0.29, 0.717) is 0 Å². The highest BCUT2D eigenvalue weighted by atomic mass is 31.3. The molecule has 20 heavy (non-hydrogen) atoms. The smallest absolute Gasteiger partial charge is 0.391 e. The Labute approximate surface area is 112 Å². The number of hydrogen-bond acceptors (Lipinski definition) is 8. The predicted octanol–water partition coefficient (Wildman–Crippen LogP) is -3.16. The number of aliphatic hydroxyl groups excluding tert-OH is 4. The van der Waals surface area contributed by atoms with Gasteiger partial charge in [0, 0.05) is 0 Å². The fourth-order valence-electron chi connectivity index (χ4n) is 0.706. The van der Waals surface area contributed by atoms with Crippen LogP contribution >= 0.6 is 15.6 Å². The van der Waals surface area contributed by atoms with Crippen molar-refractivity contribution < 1.29 is 58.2 Å². The van der Waals surface area contributed by atoms with Crippen LogP contribution in [-0.2, 0) is 18.2 Å². The van der Waals surface area contributed by atoms with Gasteiger partial charge in [-0.3, -0.25) is 0 Å². The predicted molar refractivity (Wildman–Crippen MR) is 60.9 cm³/mol. The van der Waals surface area contributed by atoms with E-state index in [2.05, 4.69) is 4.31 Å². The first-order chi connectivity index (χ1) is 8.71. The molecule has 0 rings (SSSR count). The first-order valence-corrected chi connectivity index (χ1v) is 7.77. The lowest BCUT2D eigenvalue weighted by atomic mass is 10.1. The Bertz CT molecular complexity index is 350. The first kappa shape index (κ1) is 22.1. The van der Waals surface area contributed by atoms with Gasteiger partial charge >= 0.3 is 15.6 Å². The summed E-state index contributed by atoms with van der Waals surface area (Å²) < 4.78 is 22.2. The number of carbonyl (C=O) groups is 1. The van der Waals surface area contributed by atoms with E-state index >= 15 is 0 Å². The van der Waals surface area contributed by atoms with Crippen molar-refractivity contribution in [1.82, 2.24) is 0 Å². The van der Waals surface area contributed by atoms with Gasteiger partial charge in [0.15, 0.2) is 6.29 Å². The summed E-state index contributed by atoms with van der Waals surface area (Å²) in [5, 5.41) is 35.1. The van der Waals surface area contributed by atoms with E-state index in [1.165, 1.54) is 6.92 Å². The van der Waals surface area contributed by atoms with Crippen LogP contribution in [0.4, 0.5) is 0 Å². The molecule has 0 unspecified atom stereocenters. The second-order valence-corrected chi connectivity index (χ2v) is 6.03. The van der Waals surface area contributed by atoms with E-state index in [1.807, 2.05) is 0 Å². The first-order valence-electron chi connectivity index (χ1n) is 4.71. The van der Waals surface area contributed by atoms with Gasteiger partial charge in [-0.1, -0.05) is 0 Å². The van der Waals surface area contributed by atoms with Gasteiger partial charge in [-0.15, -0.1) is 0 Å². The summed E-state index contributed by atoms with van der Waals surface area (Å²) in [5.74, 6) is 0. The maximum Gasteiger partial charge on any atom is 0.478 e. The van der Waals surface area contributed by atoms with E-state index < -0.39 is 40.1 Å². The van der Waals surface area contributed by atoms with Crippen molar-refractivity contribution in [3.05, 3.63) is 0 Å². The second kappa shape index (κ2) is 8.93. The third kappa shape index (κ3) is 12.8. The van der Waals surface area contributed by atoms with E-state index in [1.54, 1.807) is 0 Å². The van der Waals surface area contributed by atoms with Crippen LogP contribution in [0.15, 0.2) is 0 Å². The van der Waals surface area contributed by atoms with Crippen molar-refractivity contribution in [3.8, 4) is 0 Å². The molecule has 0 heterocycles. The van der Waals surface area contributed by atoms with E-state index in [9.17, 15) is 13.9 Å². The number of rotatable bonds is 6. The lowest BCUT2D eigenvalue weighted by Crippen LogP contribution is -2.43. The van der Waals surface area contributed by atoms with E-state index in [-0.39, 0.29) is 6.29 Å². The topological polar surface area (TPSA) is 222 Å². The average Bonchev–Trinajstić information content (AvgIpc) is 2.21. The fourth-order valence-corrected chi connectivity index (χ4v) is 1.81. The van der Waals surface area contributed by atoms with Gasteiger partial charge in [-0.2, -0.15) is 4.31 Å². The molecule has 12 nitrogen and oxygen atoms in total. The zero-order valence-corrected chi connectivity index (χ0v) is 11.8. The minimum atomic E-state index is -5.05. The van der Waals surface area contributed by atoms with Crippen molar-refractivity contribution in [2.24, 2.45) is 0 Å². The Kier molecular flexibility index (Phi) is 9.84. The minimum Gasteiger partial charge on any atom is -0.391 e. The van der Waals surface area contributed by atoms with Crippen LogP contribution in [0.25, 0.3) is 0 Å². The number of hydrogen-bond donors (Lipinski definition) is 8. The molecule has 0 radical (unpaired) electrons. The van der Waals surface area contributed by atoms with Crippen molar-refractivity contribution in [1.29, 1.82) is 0 Å². The Morgan fingerprint density at radius 1 is 0.900 bits per heavy atom. The molecular weight excluding hydrogens is 326 g/mol. The van der Waals surface area contributed by atoms with E-state index in [4.69, 9.17) is 40.0 Å². The van der Waals surface area contributed by atoms with Crippen LogP contribution in [0, 0.1) is 0 Å². The summed E-state index contributed by atoms with van der Waals surface area (Å²) in [5.41, 5.74) is 0. The summed E-state index contributed by atoms with van der Waals surface area (Å²) in [6, 6.07) is 0. The third-order valence-electron chi connectivity index (χ3n) is 1.55. The molecule has 0 aromatic carbocycles. The largest absolute Gasteiger partial charge is 0.478 e. The van der Waals surface area contributed by atoms with Crippen LogP contribution in [0.1, 0.15) is 6.92 Å².